The van der Waals surface area contributed by atoms with Crippen LogP contribution in [0.4, 0.5) is 5.69 Å². The van der Waals surface area contributed by atoms with Crippen molar-refractivity contribution in [1.29, 1.82) is 0 Å². The smallest absolute Gasteiger partial charge is 0.240 e. The summed E-state index contributed by atoms with van der Waals surface area (Å²) in [6.07, 6.45) is 1.63. The van der Waals surface area contributed by atoms with E-state index in [0.717, 1.165) is 20.8 Å². The number of thioether (sulfide) groups is 1. The van der Waals surface area contributed by atoms with E-state index in [1.165, 1.54) is 0 Å². The number of carbonyl (C=O) groups excluding carboxylic acids is 1. The summed E-state index contributed by atoms with van der Waals surface area (Å²) in [4.78, 5) is 15.3. The maximum Gasteiger partial charge on any atom is 0.240 e. The molecule has 1 aliphatic heterocycles. The van der Waals surface area contributed by atoms with E-state index < -0.39 is 0 Å². The fourth-order valence-corrected chi connectivity index (χ4v) is 3.72. The number of hydrogen-bond donors (Lipinski definition) is 0. The summed E-state index contributed by atoms with van der Waals surface area (Å²) in [6.45, 7) is 2.41. The van der Waals surface area contributed by atoms with E-state index in [0.29, 0.717) is 6.54 Å². The van der Waals surface area contributed by atoms with Gasteiger partial charge < -0.3 is 9.32 Å². The van der Waals surface area contributed by atoms with Gasteiger partial charge in [0.1, 0.15) is 5.76 Å². The molecular weight excluding hydrogens is 326 g/mol. The molecule has 0 bridgehead atoms. The van der Waals surface area contributed by atoms with Gasteiger partial charge in [-0.1, -0.05) is 15.9 Å². The van der Waals surface area contributed by atoms with Gasteiger partial charge in [-0.15, -0.1) is 11.8 Å². The molecule has 0 saturated heterocycles. The molecule has 2 aromatic rings. The highest BCUT2D eigenvalue weighted by Gasteiger charge is 2.31. The molecule has 19 heavy (non-hydrogen) atoms. The second kappa shape index (κ2) is 5.06. The first-order valence-corrected chi connectivity index (χ1v) is 7.62. The van der Waals surface area contributed by atoms with Crippen molar-refractivity contribution >= 4 is 39.3 Å². The number of halogens is 1. The summed E-state index contributed by atoms with van der Waals surface area (Å²) in [7, 11) is 0. The molecular formula is C14H12BrNO2S. The van der Waals surface area contributed by atoms with Gasteiger partial charge in [0.25, 0.3) is 0 Å². The fourth-order valence-electron chi connectivity index (χ4n) is 2.11. The standard InChI is InChI=1S/C14H12BrNO2S/c1-9-14(17)16(8-11-3-2-6-18-11)12-5-4-10(15)7-13(12)19-9/h2-7,9H,8H2,1H3. The molecule has 1 aromatic heterocycles. The van der Waals surface area contributed by atoms with Gasteiger partial charge in [-0.3, -0.25) is 4.79 Å². The molecule has 0 saturated carbocycles. The lowest BCUT2D eigenvalue weighted by atomic mass is 10.2. The second-order valence-corrected chi connectivity index (χ2v) is 6.67. The summed E-state index contributed by atoms with van der Waals surface area (Å²) in [6, 6.07) is 9.71. The Bertz CT molecular complexity index is 612. The SMILES string of the molecule is CC1Sc2cc(Br)ccc2N(Cc2ccco2)C1=O. The Balaban J connectivity index is 2.00. The van der Waals surface area contributed by atoms with Crippen molar-refractivity contribution in [2.45, 2.75) is 23.6 Å². The summed E-state index contributed by atoms with van der Waals surface area (Å²) < 4.78 is 6.37. The molecule has 1 aliphatic rings. The van der Waals surface area contributed by atoms with Crippen molar-refractivity contribution in [3.63, 3.8) is 0 Å². The number of hydrogen-bond acceptors (Lipinski definition) is 3. The van der Waals surface area contributed by atoms with E-state index >= 15 is 0 Å². The normalized spacial score (nSPS) is 18.5. The third kappa shape index (κ3) is 2.44. The van der Waals surface area contributed by atoms with Crippen LogP contribution < -0.4 is 4.90 Å². The first kappa shape index (κ1) is 12.8. The predicted molar refractivity (Wildman–Crippen MR) is 79.4 cm³/mol. The lowest BCUT2D eigenvalue weighted by molar-refractivity contribution is -0.118. The molecule has 3 rings (SSSR count). The lowest BCUT2D eigenvalue weighted by Crippen LogP contribution is -2.39. The van der Waals surface area contributed by atoms with Gasteiger partial charge in [0.2, 0.25) is 5.91 Å². The van der Waals surface area contributed by atoms with Gasteiger partial charge in [0, 0.05) is 9.37 Å². The van der Waals surface area contributed by atoms with Crippen molar-refractivity contribution in [3.8, 4) is 0 Å². The molecule has 0 aliphatic carbocycles. The number of nitrogens with zero attached hydrogens (tertiary/aromatic N) is 1. The minimum atomic E-state index is -0.0724. The first-order chi connectivity index (χ1) is 9.15. The Labute approximate surface area is 124 Å². The van der Waals surface area contributed by atoms with Gasteiger partial charge >= 0.3 is 0 Å². The van der Waals surface area contributed by atoms with Crippen LogP contribution in [0.1, 0.15) is 12.7 Å². The van der Waals surface area contributed by atoms with Gasteiger partial charge in [-0.05, 0) is 37.3 Å². The zero-order valence-electron chi connectivity index (χ0n) is 10.3. The third-order valence-electron chi connectivity index (χ3n) is 3.02. The monoisotopic (exact) mass is 337 g/mol. The molecule has 5 heteroatoms. The van der Waals surface area contributed by atoms with Crippen LogP contribution in [0.25, 0.3) is 0 Å². The van der Waals surface area contributed by atoms with Crippen molar-refractivity contribution < 1.29 is 9.21 Å². The number of carbonyl (C=O) groups is 1. The van der Waals surface area contributed by atoms with Gasteiger partial charge in [0.05, 0.1) is 23.7 Å². The third-order valence-corrected chi connectivity index (χ3v) is 4.65. The number of furan rings is 1. The number of benzene rings is 1. The van der Waals surface area contributed by atoms with Crippen molar-refractivity contribution in [2.24, 2.45) is 0 Å². The summed E-state index contributed by atoms with van der Waals surface area (Å²) >= 11 is 5.07. The maximum atomic E-state index is 12.4. The quantitative estimate of drug-likeness (QED) is 0.828. The van der Waals surface area contributed by atoms with Crippen LogP contribution in [0.15, 0.2) is 50.4 Å². The molecule has 1 aromatic carbocycles. The Morgan fingerprint density at radius 2 is 2.26 bits per heavy atom. The van der Waals surface area contributed by atoms with Gasteiger partial charge in [-0.25, -0.2) is 0 Å². The van der Waals surface area contributed by atoms with Gasteiger partial charge in [0.15, 0.2) is 0 Å². The summed E-state index contributed by atoms with van der Waals surface area (Å²) in [5.74, 6) is 0.914. The van der Waals surface area contributed by atoms with Crippen molar-refractivity contribution in [3.05, 3.63) is 46.8 Å². The molecule has 1 amide bonds. The molecule has 0 radical (unpaired) electrons. The van der Waals surface area contributed by atoms with Crippen LogP contribution in [0.3, 0.4) is 0 Å². The number of rotatable bonds is 2. The van der Waals surface area contributed by atoms with E-state index in [1.54, 1.807) is 22.9 Å². The van der Waals surface area contributed by atoms with E-state index in [4.69, 9.17) is 4.42 Å². The van der Waals surface area contributed by atoms with Gasteiger partial charge in [-0.2, -0.15) is 0 Å². The van der Waals surface area contributed by atoms with Crippen LogP contribution in [-0.2, 0) is 11.3 Å². The molecule has 2 heterocycles. The number of amides is 1. The lowest BCUT2D eigenvalue weighted by Gasteiger charge is -2.31. The predicted octanol–water partition coefficient (Wildman–Crippen LogP) is 4.07. The molecule has 0 spiro atoms. The van der Waals surface area contributed by atoms with Crippen molar-refractivity contribution in [2.75, 3.05) is 4.90 Å². The van der Waals surface area contributed by atoms with Crippen LogP contribution in [0, 0.1) is 0 Å². The average molecular weight is 338 g/mol. The molecule has 3 nitrogen and oxygen atoms in total. The van der Waals surface area contributed by atoms with E-state index in [-0.39, 0.29) is 11.2 Å². The zero-order chi connectivity index (χ0) is 13.4. The van der Waals surface area contributed by atoms with Crippen LogP contribution in [0.5, 0.6) is 0 Å². The molecule has 1 atom stereocenters. The fraction of sp³-hybridized carbons (Fsp3) is 0.214. The van der Waals surface area contributed by atoms with E-state index in [2.05, 4.69) is 22.0 Å². The number of fused-ring (bicyclic) bond motifs is 1. The highest BCUT2D eigenvalue weighted by atomic mass is 79.9. The largest absolute Gasteiger partial charge is 0.467 e. The highest BCUT2D eigenvalue weighted by molar-refractivity contribution is 9.10. The maximum absolute atomic E-state index is 12.4. The molecule has 98 valence electrons. The Hall–Kier alpha value is -1.20. The Morgan fingerprint density at radius 3 is 3.00 bits per heavy atom. The van der Waals surface area contributed by atoms with Crippen LogP contribution in [0.2, 0.25) is 0 Å². The molecule has 1 unspecified atom stereocenters. The highest BCUT2D eigenvalue weighted by Crippen LogP contribution is 2.41. The molecule has 0 fully saturated rings. The van der Waals surface area contributed by atoms with E-state index in [1.807, 2.05) is 31.2 Å². The summed E-state index contributed by atoms with van der Waals surface area (Å²) in [5.41, 5.74) is 0.952. The van der Waals surface area contributed by atoms with Crippen LogP contribution >= 0.6 is 27.7 Å². The molecule has 0 N–H and O–H groups in total. The zero-order valence-corrected chi connectivity index (χ0v) is 12.7. The Kier molecular flexibility index (Phi) is 3.41. The first-order valence-electron chi connectivity index (χ1n) is 5.95. The topological polar surface area (TPSA) is 33.5 Å². The average Bonchev–Trinajstić information content (AvgIpc) is 2.87. The van der Waals surface area contributed by atoms with Crippen LogP contribution in [-0.4, -0.2) is 11.2 Å². The minimum absolute atomic E-state index is 0.0724. The minimum Gasteiger partial charge on any atom is -0.467 e. The van der Waals surface area contributed by atoms with E-state index in [9.17, 15) is 4.79 Å². The number of anilines is 1. The summed E-state index contributed by atoms with van der Waals surface area (Å²) in [5, 5.41) is -0.0724. The Morgan fingerprint density at radius 1 is 1.42 bits per heavy atom. The van der Waals surface area contributed by atoms with Crippen molar-refractivity contribution in [1.82, 2.24) is 0 Å². The second-order valence-electron chi connectivity index (χ2n) is 4.38.